The van der Waals surface area contributed by atoms with E-state index in [1.54, 1.807) is 17.0 Å². The van der Waals surface area contributed by atoms with Crippen molar-refractivity contribution in [3.8, 4) is 11.4 Å². The maximum Gasteiger partial charge on any atom is 0.232 e. The molecule has 2 saturated heterocycles. The van der Waals surface area contributed by atoms with Gasteiger partial charge in [0.2, 0.25) is 17.6 Å². The van der Waals surface area contributed by atoms with Crippen molar-refractivity contribution in [3.05, 3.63) is 59.4 Å². The van der Waals surface area contributed by atoms with Crippen molar-refractivity contribution >= 4 is 28.9 Å². The van der Waals surface area contributed by atoms with Crippen LogP contribution in [-0.2, 0) is 4.79 Å². The number of rotatable bonds is 4. The van der Waals surface area contributed by atoms with Gasteiger partial charge < -0.3 is 14.3 Å². The van der Waals surface area contributed by atoms with Crippen LogP contribution in [-0.4, -0.2) is 35.7 Å². The normalized spacial score (nSPS) is 19.3. The lowest BCUT2D eigenvalue weighted by Gasteiger charge is -2.17. The zero-order valence-corrected chi connectivity index (χ0v) is 16.7. The first-order valence-electron chi connectivity index (χ1n) is 9.92. The molecule has 0 aliphatic carbocycles. The van der Waals surface area contributed by atoms with E-state index in [0.29, 0.717) is 29.7 Å². The van der Waals surface area contributed by atoms with Crippen molar-refractivity contribution < 1.29 is 9.32 Å². The lowest BCUT2D eigenvalue weighted by molar-refractivity contribution is -0.117. The van der Waals surface area contributed by atoms with E-state index in [4.69, 9.17) is 16.1 Å². The molecule has 3 aromatic rings. The molecule has 0 saturated carbocycles. The van der Waals surface area contributed by atoms with Crippen LogP contribution in [0.2, 0.25) is 5.02 Å². The van der Waals surface area contributed by atoms with Gasteiger partial charge >= 0.3 is 0 Å². The molecule has 0 bridgehead atoms. The average molecular weight is 409 g/mol. The number of amides is 1. The summed E-state index contributed by atoms with van der Waals surface area (Å²) in [6.07, 6.45) is 2.85. The molecule has 1 amide bonds. The van der Waals surface area contributed by atoms with Gasteiger partial charge in [-0.15, -0.1) is 0 Å². The molecule has 0 N–H and O–H groups in total. The molecule has 1 atom stereocenters. The minimum Gasteiger partial charge on any atom is -0.372 e. The van der Waals surface area contributed by atoms with Gasteiger partial charge in [0.15, 0.2) is 0 Å². The van der Waals surface area contributed by atoms with Crippen molar-refractivity contribution in [1.82, 2.24) is 10.1 Å². The van der Waals surface area contributed by atoms with Crippen molar-refractivity contribution in [2.24, 2.45) is 0 Å². The Balaban J connectivity index is 1.32. The lowest BCUT2D eigenvalue weighted by atomic mass is 10.1. The number of carbonyl (C=O) groups excluding carboxylic acids is 1. The molecule has 0 unspecified atom stereocenters. The molecule has 1 aromatic heterocycles. The molecule has 3 heterocycles. The number of anilines is 2. The fourth-order valence-corrected chi connectivity index (χ4v) is 4.27. The zero-order chi connectivity index (χ0) is 19.8. The highest BCUT2D eigenvalue weighted by atomic mass is 35.5. The molecular formula is C22H21ClN4O2. The van der Waals surface area contributed by atoms with Crippen LogP contribution in [0, 0.1) is 0 Å². The van der Waals surface area contributed by atoms with Crippen LogP contribution in [0.1, 0.15) is 31.1 Å². The first kappa shape index (κ1) is 18.2. The van der Waals surface area contributed by atoms with E-state index < -0.39 is 0 Å². The van der Waals surface area contributed by atoms with E-state index in [0.717, 1.165) is 24.3 Å². The van der Waals surface area contributed by atoms with Crippen molar-refractivity contribution in [2.45, 2.75) is 25.2 Å². The quantitative estimate of drug-likeness (QED) is 0.635. The minimum atomic E-state index is -0.119. The van der Waals surface area contributed by atoms with E-state index >= 15 is 0 Å². The van der Waals surface area contributed by atoms with E-state index in [9.17, 15) is 4.79 Å². The Morgan fingerprint density at radius 3 is 2.59 bits per heavy atom. The summed E-state index contributed by atoms with van der Waals surface area (Å²) in [6, 6.07) is 15.6. The van der Waals surface area contributed by atoms with Crippen LogP contribution in [0.15, 0.2) is 53.1 Å². The molecule has 7 heteroatoms. The number of carbonyl (C=O) groups is 1. The van der Waals surface area contributed by atoms with Gasteiger partial charge in [0, 0.05) is 48.0 Å². The number of hydrogen-bond donors (Lipinski definition) is 0. The lowest BCUT2D eigenvalue weighted by Crippen LogP contribution is -2.24. The fraction of sp³-hybridized carbons (Fsp3) is 0.318. The molecule has 0 radical (unpaired) electrons. The number of hydrogen-bond acceptors (Lipinski definition) is 5. The highest BCUT2D eigenvalue weighted by Gasteiger charge is 2.35. The summed E-state index contributed by atoms with van der Waals surface area (Å²) >= 11 is 6.07. The Labute approximate surface area is 174 Å². The molecule has 2 aliphatic rings. The van der Waals surface area contributed by atoms with Gasteiger partial charge in [-0.3, -0.25) is 4.79 Å². The van der Waals surface area contributed by atoms with E-state index in [-0.39, 0.29) is 11.8 Å². The van der Waals surface area contributed by atoms with Gasteiger partial charge in [-0.2, -0.15) is 4.98 Å². The summed E-state index contributed by atoms with van der Waals surface area (Å²) in [5.41, 5.74) is 2.94. The Morgan fingerprint density at radius 1 is 1.03 bits per heavy atom. The SMILES string of the molecule is O=C1C[C@H](c2nc(-c3ccc(N4CCCC4)cc3)no2)CN1c1cccc(Cl)c1. The van der Waals surface area contributed by atoms with E-state index in [2.05, 4.69) is 27.2 Å². The summed E-state index contributed by atoms with van der Waals surface area (Å²) < 4.78 is 5.51. The van der Waals surface area contributed by atoms with Crippen molar-refractivity contribution in [3.63, 3.8) is 0 Å². The standard InChI is InChI=1S/C22H21ClN4O2/c23-17-4-3-5-19(13-17)27-14-16(12-20(27)28)22-24-21(25-29-22)15-6-8-18(9-7-15)26-10-1-2-11-26/h3-9,13,16H,1-2,10-12,14H2/t16-/m0/s1. The first-order chi connectivity index (χ1) is 14.2. The maximum atomic E-state index is 12.5. The molecule has 2 fully saturated rings. The van der Waals surface area contributed by atoms with Gasteiger partial charge in [0.1, 0.15) is 0 Å². The van der Waals surface area contributed by atoms with Crippen LogP contribution in [0.25, 0.3) is 11.4 Å². The average Bonchev–Trinajstić information content (AvgIpc) is 3.49. The van der Waals surface area contributed by atoms with E-state index in [1.165, 1.54) is 18.5 Å². The summed E-state index contributed by atoms with van der Waals surface area (Å²) in [4.78, 5) is 21.2. The van der Waals surface area contributed by atoms with Gasteiger partial charge in [0.25, 0.3) is 0 Å². The molecule has 0 spiro atoms. The third kappa shape index (κ3) is 3.60. The van der Waals surface area contributed by atoms with Crippen LogP contribution < -0.4 is 9.80 Å². The molecule has 148 valence electrons. The molecule has 2 aliphatic heterocycles. The van der Waals surface area contributed by atoms with Crippen molar-refractivity contribution in [1.29, 1.82) is 0 Å². The summed E-state index contributed by atoms with van der Waals surface area (Å²) in [7, 11) is 0. The molecule has 29 heavy (non-hydrogen) atoms. The maximum absolute atomic E-state index is 12.5. The van der Waals surface area contributed by atoms with Crippen LogP contribution in [0.3, 0.4) is 0 Å². The largest absolute Gasteiger partial charge is 0.372 e. The Kier molecular flexibility index (Phi) is 4.72. The summed E-state index contributed by atoms with van der Waals surface area (Å²) in [6.45, 7) is 2.74. The molecule has 2 aromatic carbocycles. The Morgan fingerprint density at radius 2 is 1.83 bits per heavy atom. The number of halogens is 1. The van der Waals surface area contributed by atoms with Gasteiger partial charge in [-0.25, -0.2) is 0 Å². The molecule has 5 rings (SSSR count). The second kappa shape index (κ2) is 7.52. The molecular weight excluding hydrogens is 388 g/mol. The van der Waals surface area contributed by atoms with E-state index in [1.807, 2.05) is 24.3 Å². The summed E-state index contributed by atoms with van der Waals surface area (Å²) in [5.74, 6) is 0.974. The van der Waals surface area contributed by atoms with Crippen LogP contribution >= 0.6 is 11.6 Å². The molecule has 6 nitrogen and oxygen atoms in total. The smallest absolute Gasteiger partial charge is 0.232 e. The summed E-state index contributed by atoms with van der Waals surface area (Å²) in [5, 5.41) is 4.75. The third-order valence-corrected chi connectivity index (χ3v) is 5.87. The fourth-order valence-electron chi connectivity index (χ4n) is 4.08. The van der Waals surface area contributed by atoms with Crippen LogP contribution in [0.5, 0.6) is 0 Å². The second-order valence-corrected chi connectivity index (χ2v) is 8.02. The Hall–Kier alpha value is -2.86. The first-order valence-corrected chi connectivity index (χ1v) is 10.3. The van der Waals surface area contributed by atoms with Gasteiger partial charge in [-0.1, -0.05) is 22.8 Å². The number of aromatic nitrogens is 2. The number of benzene rings is 2. The second-order valence-electron chi connectivity index (χ2n) is 7.58. The predicted octanol–water partition coefficient (Wildman–Crippen LogP) is 4.51. The topological polar surface area (TPSA) is 62.5 Å². The zero-order valence-electron chi connectivity index (χ0n) is 15.9. The van der Waals surface area contributed by atoms with Gasteiger partial charge in [0.05, 0.1) is 5.92 Å². The highest BCUT2D eigenvalue weighted by molar-refractivity contribution is 6.30. The minimum absolute atomic E-state index is 0.0342. The van der Waals surface area contributed by atoms with Crippen LogP contribution in [0.4, 0.5) is 11.4 Å². The predicted molar refractivity (Wildman–Crippen MR) is 112 cm³/mol. The van der Waals surface area contributed by atoms with Gasteiger partial charge in [-0.05, 0) is 55.3 Å². The monoisotopic (exact) mass is 408 g/mol. The Bertz CT molecular complexity index is 1030. The highest BCUT2D eigenvalue weighted by Crippen LogP contribution is 2.33. The third-order valence-electron chi connectivity index (χ3n) is 5.63. The number of nitrogens with zero attached hydrogens (tertiary/aromatic N) is 4. The van der Waals surface area contributed by atoms with Crippen molar-refractivity contribution in [2.75, 3.05) is 29.4 Å².